The molecule has 1 atom stereocenters. The van der Waals surface area contributed by atoms with Gasteiger partial charge < -0.3 is 18.3 Å². The summed E-state index contributed by atoms with van der Waals surface area (Å²) in [6, 6.07) is 1.17. The lowest BCUT2D eigenvalue weighted by Crippen LogP contribution is -2.35. The number of hydrogen-bond donors (Lipinski definition) is 0. The Morgan fingerprint density at radius 1 is 1.11 bits per heavy atom. The first-order valence-electron chi connectivity index (χ1n) is 6.77. The Labute approximate surface area is 115 Å². The highest BCUT2D eigenvalue weighted by Gasteiger charge is 2.22. The average Bonchev–Trinajstić information content (AvgIpc) is 2.25. The molecule has 18 heavy (non-hydrogen) atoms. The van der Waals surface area contributed by atoms with Gasteiger partial charge in [0.2, 0.25) is 0 Å². The topological polar surface area (TPSA) is 36.9 Å². The average molecular weight is 295 g/mol. The zero-order valence-corrected chi connectivity index (χ0v) is 15.0. The molecular formula is C12H30O4Si2. The number of methoxy groups -OCH3 is 1. The molecule has 1 unspecified atom stereocenters. The van der Waals surface area contributed by atoms with Crippen LogP contribution in [0.2, 0.25) is 32.2 Å². The van der Waals surface area contributed by atoms with E-state index in [-0.39, 0.29) is 6.29 Å². The van der Waals surface area contributed by atoms with Gasteiger partial charge in [-0.15, -0.1) is 0 Å². The Kier molecular flexibility index (Phi) is 10.3. The van der Waals surface area contributed by atoms with Gasteiger partial charge in [0.05, 0.1) is 13.2 Å². The molecule has 0 N–H and O–H groups in total. The molecule has 0 aliphatic heterocycles. The third-order valence-corrected chi connectivity index (χ3v) is 8.53. The van der Waals surface area contributed by atoms with Crippen molar-refractivity contribution in [2.24, 2.45) is 0 Å². The van der Waals surface area contributed by atoms with Crippen LogP contribution in [0, 0.1) is 0 Å². The fourth-order valence-electron chi connectivity index (χ4n) is 1.74. The maximum atomic E-state index is 6.09. The molecule has 0 aromatic rings. The maximum Gasteiger partial charge on any atom is 0.173 e. The van der Waals surface area contributed by atoms with E-state index < -0.39 is 17.4 Å². The van der Waals surface area contributed by atoms with Gasteiger partial charge in [-0.1, -0.05) is 0 Å². The van der Waals surface area contributed by atoms with Gasteiger partial charge in [0.15, 0.2) is 23.6 Å². The van der Waals surface area contributed by atoms with Gasteiger partial charge >= 0.3 is 0 Å². The smallest absolute Gasteiger partial charge is 0.173 e. The van der Waals surface area contributed by atoms with Crippen molar-refractivity contribution in [2.75, 3.05) is 26.9 Å². The lowest BCUT2D eigenvalue weighted by atomic mass is 10.5. The Hall–Kier alpha value is 0.274. The van der Waals surface area contributed by atoms with Crippen LogP contribution in [0.15, 0.2) is 0 Å². The van der Waals surface area contributed by atoms with E-state index in [1.807, 2.05) is 6.92 Å². The molecular weight excluding hydrogens is 264 g/mol. The SMILES string of the molecule is COC(C)OCCOCCC[Si](C)(C)O[SiH](C)C. The number of rotatable bonds is 11. The maximum absolute atomic E-state index is 6.09. The first-order chi connectivity index (χ1) is 8.37. The summed E-state index contributed by atoms with van der Waals surface area (Å²) in [6.07, 6.45) is 0.935. The molecule has 110 valence electrons. The van der Waals surface area contributed by atoms with Gasteiger partial charge in [-0.25, -0.2) is 0 Å². The molecule has 0 saturated heterocycles. The molecule has 0 spiro atoms. The summed E-state index contributed by atoms with van der Waals surface area (Å²) in [4.78, 5) is 0. The van der Waals surface area contributed by atoms with E-state index in [1.54, 1.807) is 7.11 Å². The highest BCUT2D eigenvalue weighted by molar-refractivity contribution is 6.77. The lowest BCUT2D eigenvalue weighted by molar-refractivity contribution is -0.121. The molecule has 0 aliphatic rings. The highest BCUT2D eigenvalue weighted by atomic mass is 28.4. The van der Waals surface area contributed by atoms with Gasteiger partial charge in [0.1, 0.15) is 0 Å². The van der Waals surface area contributed by atoms with Crippen LogP contribution in [-0.4, -0.2) is 50.6 Å². The number of hydrogen-bond acceptors (Lipinski definition) is 4. The third-order valence-electron chi connectivity index (χ3n) is 2.53. The minimum Gasteiger partial charge on any atom is -0.458 e. The van der Waals surface area contributed by atoms with Crippen molar-refractivity contribution in [3.8, 4) is 0 Å². The zero-order chi connectivity index (χ0) is 14.0. The molecule has 0 aliphatic carbocycles. The summed E-state index contributed by atoms with van der Waals surface area (Å²) in [5, 5.41) is 0. The lowest BCUT2D eigenvalue weighted by Gasteiger charge is -2.25. The number of ether oxygens (including phenoxy) is 3. The predicted molar refractivity (Wildman–Crippen MR) is 80.1 cm³/mol. The van der Waals surface area contributed by atoms with E-state index in [1.165, 1.54) is 6.04 Å². The predicted octanol–water partition coefficient (Wildman–Crippen LogP) is 2.61. The van der Waals surface area contributed by atoms with E-state index in [0.29, 0.717) is 13.2 Å². The van der Waals surface area contributed by atoms with Gasteiger partial charge in [-0.3, -0.25) is 0 Å². The molecule has 0 bridgehead atoms. The fourth-order valence-corrected chi connectivity index (χ4v) is 8.31. The highest BCUT2D eigenvalue weighted by Crippen LogP contribution is 2.14. The molecule has 0 amide bonds. The van der Waals surface area contributed by atoms with Gasteiger partial charge in [-0.2, -0.15) is 0 Å². The normalized spacial score (nSPS) is 14.2. The van der Waals surface area contributed by atoms with Crippen molar-refractivity contribution in [3.05, 3.63) is 0 Å². The quantitative estimate of drug-likeness (QED) is 0.333. The van der Waals surface area contributed by atoms with Gasteiger partial charge in [-0.05, 0) is 45.6 Å². The Morgan fingerprint density at radius 2 is 1.78 bits per heavy atom. The van der Waals surface area contributed by atoms with Crippen molar-refractivity contribution >= 4 is 17.4 Å². The first-order valence-corrected chi connectivity index (χ1v) is 12.7. The van der Waals surface area contributed by atoms with Crippen molar-refractivity contribution in [1.82, 2.24) is 0 Å². The summed E-state index contributed by atoms with van der Waals surface area (Å²) in [7, 11) is -0.687. The summed E-state index contributed by atoms with van der Waals surface area (Å²) in [6.45, 7) is 13.0. The van der Waals surface area contributed by atoms with Crippen molar-refractivity contribution in [2.45, 2.75) is 51.9 Å². The van der Waals surface area contributed by atoms with Crippen LogP contribution < -0.4 is 0 Å². The second kappa shape index (κ2) is 10.1. The van der Waals surface area contributed by atoms with Gasteiger partial charge in [0, 0.05) is 13.7 Å². The van der Waals surface area contributed by atoms with Crippen LogP contribution in [0.4, 0.5) is 0 Å². The van der Waals surface area contributed by atoms with Crippen LogP contribution >= 0.6 is 0 Å². The Bertz CT molecular complexity index is 201. The van der Waals surface area contributed by atoms with E-state index in [9.17, 15) is 0 Å². The standard InChI is InChI=1S/C12H30O4Si2/c1-12(13-2)15-10-9-14-8-7-11-18(5,6)16-17(3)4/h12,17H,7-11H2,1-6H3. The second-order valence-electron chi connectivity index (χ2n) is 5.32. The summed E-state index contributed by atoms with van der Waals surface area (Å²) in [5.74, 6) is 0. The van der Waals surface area contributed by atoms with E-state index in [4.69, 9.17) is 18.3 Å². The molecule has 0 heterocycles. The zero-order valence-electron chi connectivity index (χ0n) is 12.8. The minimum atomic E-state index is -1.43. The van der Waals surface area contributed by atoms with Crippen molar-refractivity contribution < 1.29 is 18.3 Å². The van der Waals surface area contributed by atoms with Crippen molar-refractivity contribution in [3.63, 3.8) is 0 Å². The summed E-state index contributed by atoms with van der Waals surface area (Å²) < 4.78 is 21.9. The summed E-state index contributed by atoms with van der Waals surface area (Å²) >= 11 is 0. The van der Waals surface area contributed by atoms with E-state index >= 15 is 0 Å². The Balaban J connectivity index is 3.39. The van der Waals surface area contributed by atoms with Gasteiger partial charge in [0.25, 0.3) is 0 Å². The molecule has 0 aromatic heterocycles. The largest absolute Gasteiger partial charge is 0.458 e. The van der Waals surface area contributed by atoms with E-state index in [2.05, 4.69) is 26.2 Å². The molecule has 0 rings (SSSR count). The fraction of sp³-hybridized carbons (Fsp3) is 1.00. The van der Waals surface area contributed by atoms with Crippen LogP contribution in [0.3, 0.4) is 0 Å². The molecule has 6 heteroatoms. The first kappa shape index (κ1) is 18.3. The second-order valence-corrected chi connectivity index (χ2v) is 12.4. The summed E-state index contributed by atoms with van der Waals surface area (Å²) in [5.41, 5.74) is 0. The van der Waals surface area contributed by atoms with Crippen LogP contribution in [0.25, 0.3) is 0 Å². The molecule has 0 fully saturated rings. The molecule has 0 aromatic carbocycles. The van der Waals surface area contributed by atoms with E-state index in [0.717, 1.165) is 13.0 Å². The van der Waals surface area contributed by atoms with Crippen molar-refractivity contribution in [1.29, 1.82) is 0 Å². The van der Waals surface area contributed by atoms with Crippen LogP contribution in [-0.2, 0) is 18.3 Å². The van der Waals surface area contributed by atoms with Crippen LogP contribution in [0.1, 0.15) is 13.3 Å². The minimum absolute atomic E-state index is 0.149. The Morgan fingerprint density at radius 3 is 2.33 bits per heavy atom. The molecule has 0 radical (unpaired) electrons. The molecule has 4 nitrogen and oxygen atoms in total. The monoisotopic (exact) mass is 294 g/mol. The third kappa shape index (κ3) is 11.4. The molecule has 0 saturated carbocycles. The van der Waals surface area contributed by atoms with Crippen LogP contribution in [0.5, 0.6) is 0 Å².